The van der Waals surface area contributed by atoms with Gasteiger partial charge in [0, 0.05) is 26.2 Å². The number of thiocarbonyl (C=S) groups is 1. The molecule has 0 saturated carbocycles. The number of methoxy groups -OCH3 is 1. The second-order valence-electron chi connectivity index (χ2n) is 5.72. The number of ketones is 1. The fourth-order valence-electron chi connectivity index (χ4n) is 2.14. The van der Waals surface area contributed by atoms with Crippen LogP contribution in [0.15, 0.2) is 12.1 Å². The van der Waals surface area contributed by atoms with E-state index in [2.05, 4.69) is 0 Å². The van der Waals surface area contributed by atoms with Crippen LogP contribution in [0.3, 0.4) is 0 Å². The van der Waals surface area contributed by atoms with Gasteiger partial charge < -0.3 is 19.1 Å². The van der Waals surface area contributed by atoms with E-state index in [9.17, 15) is 4.79 Å². The van der Waals surface area contributed by atoms with E-state index in [4.69, 9.17) is 26.4 Å². The van der Waals surface area contributed by atoms with E-state index in [0.29, 0.717) is 34.4 Å². The van der Waals surface area contributed by atoms with Gasteiger partial charge in [-0.25, -0.2) is 0 Å². The molecule has 0 aliphatic carbocycles. The Kier molecular flexibility index (Phi) is 4.09. The van der Waals surface area contributed by atoms with Crippen LogP contribution in [-0.2, 0) is 0 Å². The molecular formula is C15H19NO4S. The number of nitrogens with zero attached hydrogens (tertiary/aromatic N) is 1. The largest absolute Gasteiger partial charge is 0.496 e. The maximum absolute atomic E-state index is 12.3. The summed E-state index contributed by atoms with van der Waals surface area (Å²) in [4.78, 5) is 14.0. The highest BCUT2D eigenvalue weighted by Crippen LogP contribution is 2.41. The summed E-state index contributed by atoms with van der Waals surface area (Å²) in [5.41, 5.74) is -0.0876. The second-order valence-corrected chi connectivity index (χ2v) is 6.07. The number of rotatable bonds is 2. The summed E-state index contributed by atoms with van der Waals surface area (Å²) in [7, 11) is 5.10. The molecule has 6 heteroatoms. The molecule has 0 unspecified atom stereocenters. The first-order valence-electron chi connectivity index (χ1n) is 6.57. The number of hydrogen-bond acceptors (Lipinski definition) is 5. The number of carbonyl (C=O) groups is 1. The van der Waals surface area contributed by atoms with Crippen molar-refractivity contribution < 1.29 is 19.0 Å². The molecule has 0 amide bonds. The minimum atomic E-state index is -0.546. The van der Waals surface area contributed by atoms with Gasteiger partial charge in [0.05, 0.1) is 13.5 Å². The highest BCUT2D eigenvalue weighted by molar-refractivity contribution is 7.80. The van der Waals surface area contributed by atoms with E-state index < -0.39 is 5.60 Å². The lowest BCUT2D eigenvalue weighted by atomic mass is 9.92. The molecule has 1 heterocycles. The van der Waals surface area contributed by atoms with Crippen LogP contribution in [0.2, 0.25) is 0 Å². The van der Waals surface area contributed by atoms with Crippen molar-refractivity contribution >= 4 is 23.2 Å². The molecule has 0 radical (unpaired) electrons. The fourth-order valence-corrected chi connectivity index (χ4v) is 2.24. The van der Waals surface area contributed by atoms with Crippen LogP contribution in [0.5, 0.6) is 17.2 Å². The standard InChI is InChI=1S/C15H19NO4S/c1-15(2)8-10(17)13-11(18-5)6-9(7-12(13)20-15)19-14(21)16(3)4/h6-7H,8H2,1-5H3. The average molecular weight is 309 g/mol. The summed E-state index contributed by atoms with van der Waals surface area (Å²) in [5.74, 6) is 1.38. The molecule has 5 nitrogen and oxygen atoms in total. The first-order chi connectivity index (χ1) is 9.73. The quantitative estimate of drug-likeness (QED) is 0.783. The Labute approximate surface area is 129 Å². The predicted octanol–water partition coefficient (Wildman–Crippen LogP) is 2.66. The first kappa shape index (κ1) is 15.6. The normalized spacial score (nSPS) is 15.8. The number of Topliss-reactive ketones (excluding diaryl/α,β-unsaturated/α-hetero) is 1. The summed E-state index contributed by atoms with van der Waals surface area (Å²) >= 11 is 5.12. The lowest BCUT2D eigenvalue weighted by Crippen LogP contribution is -2.36. The zero-order valence-corrected chi connectivity index (χ0v) is 13.7. The molecule has 2 rings (SSSR count). The molecule has 0 bridgehead atoms. The minimum Gasteiger partial charge on any atom is -0.496 e. The van der Waals surface area contributed by atoms with Crippen molar-refractivity contribution in [1.29, 1.82) is 0 Å². The Morgan fingerprint density at radius 2 is 2.05 bits per heavy atom. The number of benzene rings is 1. The monoisotopic (exact) mass is 309 g/mol. The van der Waals surface area contributed by atoms with Crippen LogP contribution < -0.4 is 14.2 Å². The van der Waals surface area contributed by atoms with Crippen molar-refractivity contribution in [1.82, 2.24) is 4.90 Å². The Bertz CT molecular complexity index is 596. The van der Waals surface area contributed by atoms with Crippen molar-refractivity contribution in [2.75, 3.05) is 21.2 Å². The smallest absolute Gasteiger partial charge is 0.264 e. The highest BCUT2D eigenvalue weighted by Gasteiger charge is 2.35. The van der Waals surface area contributed by atoms with Gasteiger partial charge in [0.2, 0.25) is 0 Å². The van der Waals surface area contributed by atoms with Gasteiger partial charge in [-0.15, -0.1) is 0 Å². The Morgan fingerprint density at radius 3 is 2.62 bits per heavy atom. The molecule has 0 aromatic heterocycles. The average Bonchev–Trinajstić information content (AvgIpc) is 2.35. The Hall–Kier alpha value is -1.82. The molecule has 1 aromatic carbocycles. The molecule has 0 fully saturated rings. The van der Waals surface area contributed by atoms with Gasteiger partial charge in [-0.05, 0) is 26.1 Å². The molecule has 0 spiro atoms. The molecule has 1 aromatic rings. The summed E-state index contributed by atoms with van der Waals surface area (Å²) in [6, 6.07) is 3.32. The van der Waals surface area contributed by atoms with Crippen molar-refractivity contribution in [3.8, 4) is 17.2 Å². The maximum Gasteiger partial charge on any atom is 0.264 e. The second kappa shape index (κ2) is 5.52. The van der Waals surface area contributed by atoms with Crippen molar-refractivity contribution in [2.24, 2.45) is 0 Å². The molecule has 0 saturated heterocycles. The molecule has 1 aliphatic rings. The molecule has 1 aliphatic heterocycles. The lowest BCUT2D eigenvalue weighted by molar-refractivity contribution is 0.0613. The fraction of sp³-hybridized carbons (Fsp3) is 0.467. The minimum absolute atomic E-state index is 0.000152. The third-order valence-corrected chi connectivity index (χ3v) is 3.53. The van der Waals surface area contributed by atoms with E-state index in [-0.39, 0.29) is 5.78 Å². The van der Waals surface area contributed by atoms with E-state index in [1.54, 1.807) is 31.1 Å². The molecule has 114 valence electrons. The van der Waals surface area contributed by atoms with Gasteiger partial charge in [0.15, 0.2) is 5.78 Å². The Balaban J connectivity index is 2.45. The van der Waals surface area contributed by atoms with Gasteiger partial charge >= 0.3 is 0 Å². The van der Waals surface area contributed by atoms with Gasteiger partial charge in [-0.1, -0.05) is 0 Å². The summed E-state index contributed by atoms with van der Waals surface area (Å²) in [6.45, 7) is 3.75. The van der Waals surface area contributed by atoms with Crippen molar-refractivity contribution in [3.05, 3.63) is 17.7 Å². The van der Waals surface area contributed by atoms with Crippen LogP contribution in [0.1, 0.15) is 30.6 Å². The van der Waals surface area contributed by atoms with Crippen LogP contribution in [0.4, 0.5) is 0 Å². The maximum atomic E-state index is 12.3. The predicted molar refractivity (Wildman–Crippen MR) is 83.6 cm³/mol. The third-order valence-electron chi connectivity index (χ3n) is 3.08. The SMILES string of the molecule is COc1cc(OC(=S)N(C)C)cc2c1C(=O)CC(C)(C)O2. The van der Waals surface area contributed by atoms with Crippen LogP contribution in [0, 0.1) is 0 Å². The zero-order chi connectivity index (χ0) is 15.8. The van der Waals surface area contributed by atoms with E-state index in [0.717, 1.165) is 0 Å². The van der Waals surface area contributed by atoms with Gasteiger partial charge in [-0.2, -0.15) is 0 Å². The summed E-state index contributed by atoms with van der Waals surface area (Å²) < 4.78 is 16.7. The molecule has 0 N–H and O–H groups in total. The van der Waals surface area contributed by atoms with Crippen LogP contribution >= 0.6 is 12.2 Å². The number of carbonyl (C=O) groups excluding carboxylic acids is 1. The lowest BCUT2D eigenvalue weighted by Gasteiger charge is -2.32. The summed E-state index contributed by atoms with van der Waals surface area (Å²) in [5, 5.41) is 0.318. The van der Waals surface area contributed by atoms with Crippen LogP contribution in [0.25, 0.3) is 0 Å². The number of hydrogen-bond donors (Lipinski definition) is 0. The Morgan fingerprint density at radius 1 is 1.38 bits per heavy atom. The molecule has 21 heavy (non-hydrogen) atoms. The number of ether oxygens (including phenoxy) is 3. The van der Waals surface area contributed by atoms with Gasteiger partial charge in [-0.3, -0.25) is 4.79 Å². The zero-order valence-electron chi connectivity index (χ0n) is 12.9. The highest BCUT2D eigenvalue weighted by atomic mass is 32.1. The van der Waals surface area contributed by atoms with E-state index in [1.807, 2.05) is 13.8 Å². The van der Waals surface area contributed by atoms with E-state index >= 15 is 0 Å². The van der Waals surface area contributed by atoms with Crippen LogP contribution in [-0.4, -0.2) is 42.7 Å². The molecular weight excluding hydrogens is 290 g/mol. The van der Waals surface area contributed by atoms with E-state index in [1.165, 1.54) is 7.11 Å². The van der Waals surface area contributed by atoms with Gasteiger partial charge in [0.25, 0.3) is 5.17 Å². The van der Waals surface area contributed by atoms with Crippen molar-refractivity contribution in [2.45, 2.75) is 25.9 Å². The number of fused-ring (bicyclic) bond motifs is 1. The van der Waals surface area contributed by atoms with Gasteiger partial charge in [0.1, 0.15) is 28.4 Å². The first-order valence-corrected chi connectivity index (χ1v) is 6.98. The summed E-state index contributed by atoms with van der Waals surface area (Å²) in [6.07, 6.45) is 0.312. The molecule has 0 atom stereocenters. The third kappa shape index (κ3) is 3.26. The van der Waals surface area contributed by atoms with Crippen molar-refractivity contribution in [3.63, 3.8) is 0 Å². The topological polar surface area (TPSA) is 48.0 Å².